The van der Waals surface area contributed by atoms with Crippen LogP contribution in [0.15, 0.2) is 6.07 Å². The molecule has 3 rings (SSSR count). The van der Waals surface area contributed by atoms with Crippen molar-refractivity contribution in [1.29, 1.82) is 0 Å². The van der Waals surface area contributed by atoms with Crippen LogP contribution >= 0.6 is 35.7 Å². The van der Waals surface area contributed by atoms with E-state index in [4.69, 9.17) is 31.6 Å². The SMILES string of the molecule is O=P(O)(O)OP(=O)(O)OP(=O)(O)OC[C@H]1O[C@@H](c2cc3c(F)c(F)c(C(F)(F)F)nc3[nH]c2=S)C(O)[C@H]1O. The van der Waals surface area contributed by atoms with Crippen molar-refractivity contribution in [3.05, 3.63) is 33.6 Å². The third-order valence-electron chi connectivity index (χ3n) is 4.67. The lowest BCUT2D eigenvalue weighted by Crippen LogP contribution is -2.33. The Morgan fingerprint density at radius 1 is 1.03 bits per heavy atom. The molecule has 15 nitrogen and oxygen atoms in total. The van der Waals surface area contributed by atoms with Gasteiger partial charge in [-0.2, -0.15) is 21.8 Å². The van der Waals surface area contributed by atoms with Crippen molar-refractivity contribution in [2.75, 3.05) is 6.61 Å². The van der Waals surface area contributed by atoms with Crippen LogP contribution in [0.4, 0.5) is 22.0 Å². The van der Waals surface area contributed by atoms with Crippen LogP contribution in [0, 0.1) is 16.3 Å². The molecule has 0 aliphatic carbocycles. The Morgan fingerprint density at radius 3 is 2.18 bits per heavy atom. The molecule has 2 aromatic heterocycles. The van der Waals surface area contributed by atoms with E-state index in [1.54, 1.807) is 0 Å². The Morgan fingerprint density at radius 2 is 1.63 bits per heavy atom. The number of aliphatic hydroxyl groups is 2. The highest BCUT2D eigenvalue weighted by Gasteiger charge is 2.47. The van der Waals surface area contributed by atoms with Crippen molar-refractivity contribution >= 4 is 46.7 Å². The van der Waals surface area contributed by atoms with Crippen LogP contribution in [0.3, 0.4) is 0 Å². The fourth-order valence-electron chi connectivity index (χ4n) is 3.19. The standard InChI is InChI=1S/C14H14F5N2O13P3S/c15-6-3-1-4(13(38)21-12(3)20-11(7(6)16)14(17,18)19)10-9(23)8(22)5(32-10)2-31-36(27,28)34-37(29,30)33-35(24,25)26/h1,5,8-10,22-23H,2H2,(H,27,28)(H,29,30)(H,20,21,38)(H2,24,25,26)/t5-,8+,9?,10+/m1/s1. The number of alkyl halides is 3. The highest BCUT2D eigenvalue weighted by Crippen LogP contribution is 2.66. The second-order valence-corrected chi connectivity index (χ2v) is 12.2. The first kappa shape index (κ1) is 31.3. The molecule has 0 bridgehead atoms. The number of nitrogens with zero attached hydrogens (tertiary/aromatic N) is 1. The molecule has 0 spiro atoms. The fraction of sp³-hybridized carbons (Fsp3) is 0.429. The van der Waals surface area contributed by atoms with Crippen LogP contribution in [0.2, 0.25) is 0 Å². The summed E-state index contributed by atoms with van der Waals surface area (Å²) >= 11 is 4.95. The molecule has 0 saturated carbocycles. The Labute approximate surface area is 211 Å². The number of aliphatic hydroxyl groups excluding tert-OH is 2. The third-order valence-corrected chi connectivity index (χ3v) is 8.81. The minimum atomic E-state index is -5.85. The van der Waals surface area contributed by atoms with E-state index in [-0.39, 0.29) is 5.56 Å². The summed E-state index contributed by atoms with van der Waals surface area (Å²) in [5.74, 6) is -4.31. The third kappa shape index (κ3) is 7.07. The van der Waals surface area contributed by atoms with Crippen LogP contribution in [-0.4, -0.2) is 64.7 Å². The molecule has 7 N–H and O–H groups in total. The molecule has 1 saturated heterocycles. The lowest BCUT2D eigenvalue weighted by atomic mass is 10.0. The van der Waals surface area contributed by atoms with Gasteiger partial charge in [-0.15, -0.1) is 0 Å². The molecule has 2 aromatic rings. The number of H-pyrrole nitrogens is 1. The minimum absolute atomic E-state index is 0.389. The van der Waals surface area contributed by atoms with E-state index < -0.39 is 93.7 Å². The normalized spacial score (nSPS) is 25.9. The summed E-state index contributed by atoms with van der Waals surface area (Å²) in [4.78, 5) is 40.7. The lowest BCUT2D eigenvalue weighted by Gasteiger charge is -2.19. The number of pyridine rings is 2. The van der Waals surface area contributed by atoms with Gasteiger partial charge in [0.25, 0.3) is 0 Å². The Hall–Kier alpha value is -1.28. The lowest BCUT2D eigenvalue weighted by molar-refractivity contribution is -0.143. The van der Waals surface area contributed by atoms with Crippen LogP contribution in [-0.2, 0) is 37.8 Å². The van der Waals surface area contributed by atoms with Gasteiger partial charge in [0, 0.05) is 5.56 Å². The number of halogens is 5. The summed E-state index contributed by atoms with van der Waals surface area (Å²) in [5.41, 5.74) is -3.37. The fourth-order valence-corrected chi connectivity index (χ4v) is 6.49. The number of nitrogens with one attached hydrogen (secondary N) is 1. The first-order valence-electron chi connectivity index (χ1n) is 9.41. The first-order valence-corrected chi connectivity index (χ1v) is 14.3. The number of hydrogen-bond donors (Lipinski definition) is 7. The van der Waals surface area contributed by atoms with Gasteiger partial charge in [0.15, 0.2) is 17.3 Å². The van der Waals surface area contributed by atoms with E-state index in [0.717, 1.165) is 0 Å². The molecule has 3 heterocycles. The van der Waals surface area contributed by atoms with E-state index in [1.807, 2.05) is 0 Å². The number of aromatic amines is 1. The molecule has 0 radical (unpaired) electrons. The molecular weight excluding hydrogens is 624 g/mol. The number of ether oxygens (including phenoxy) is 1. The maximum absolute atomic E-state index is 14.4. The summed E-state index contributed by atoms with van der Waals surface area (Å²) in [7, 11) is -17.1. The van der Waals surface area contributed by atoms with Crippen molar-refractivity contribution in [3.63, 3.8) is 0 Å². The summed E-state index contributed by atoms with van der Waals surface area (Å²) < 4.78 is 117. The molecule has 3 unspecified atom stereocenters. The first-order chi connectivity index (χ1) is 17.1. The van der Waals surface area contributed by atoms with Gasteiger partial charge in [-0.3, -0.25) is 4.52 Å². The van der Waals surface area contributed by atoms with Gasteiger partial charge in [0.2, 0.25) is 0 Å². The molecule has 1 aliphatic heterocycles. The van der Waals surface area contributed by atoms with E-state index >= 15 is 0 Å². The van der Waals surface area contributed by atoms with E-state index in [9.17, 15) is 50.8 Å². The van der Waals surface area contributed by atoms with Gasteiger partial charge >= 0.3 is 29.6 Å². The second-order valence-electron chi connectivity index (χ2n) is 7.37. The Bertz CT molecular complexity index is 1450. The molecule has 38 heavy (non-hydrogen) atoms. The molecule has 6 atom stereocenters. The number of phosphoric ester groups is 1. The average Bonchev–Trinajstić information content (AvgIpc) is 2.99. The smallest absolute Gasteiger partial charge is 0.387 e. The molecule has 214 valence electrons. The van der Waals surface area contributed by atoms with Gasteiger partial charge in [-0.1, -0.05) is 12.2 Å². The summed E-state index contributed by atoms with van der Waals surface area (Å²) in [5, 5.41) is 19.7. The van der Waals surface area contributed by atoms with Crippen LogP contribution < -0.4 is 0 Å². The quantitative estimate of drug-likeness (QED) is 0.124. The van der Waals surface area contributed by atoms with Crippen LogP contribution in [0.1, 0.15) is 17.4 Å². The van der Waals surface area contributed by atoms with Gasteiger partial charge in [0.05, 0.1) is 12.0 Å². The molecule has 0 amide bonds. The van der Waals surface area contributed by atoms with Crippen molar-refractivity contribution in [2.24, 2.45) is 0 Å². The number of phosphoric acid groups is 3. The van der Waals surface area contributed by atoms with Crippen molar-refractivity contribution in [3.8, 4) is 0 Å². The number of rotatable bonds is 8. The molecule has 1 fully saturated rings. The van der Waals surface area contributed by atoms with Gasteiger partial charge in [-0.05, 0) is 6.07 Å². The number of fused-ring (bicyclic) bond motifs is 1. The average molecular weight is 638 g/mol. The molecule has 24 heteroatoms. The monoisotopic (exact) mass is 638 g/mol. The molecule has 1 aliphatic rings. The minimum Gasteiger partial charge on any atom is -0.387 e. The Balaban J connectivity index is 1.84. The molecular formula is C14H14F5N2O13P3S. The highest BCUT2D eigenvalue weighted by molar-refractivity contribution is 7.71. The second kappa shape index (κ2) is 10.6. The number of aromatic nitrogens is 2. The molecule has 0 aromatic carbocycles. The van der Waals surface area contributed by atoms with Crippen molar-refractivity contribution in [2.45, 2.75) is 30.6 Å². The maximum atomic E-state index is 14.4. The van der Waals surface area contributed by atoms with E-state index in [2.05, 4.69) is 23.1 Å². The highest BCUT2D eigenvalue weighted by atomic mass is 32.1. The predicted octanol–water partition coefficient (Wildman–Crippen LogP) is 2.09. The van der Waals surface area contributed by atoms with E-state index in [0.29, 0.717) is 6.07 Å². The zero-order valence-electron chi connectivity index (χ0n) is 17.7. The summed E-state index contributed by atoms with van der Waals surface area (Å²) in [6, 6.07) is 0.686. The van der Waals surface area contributed by atoms with Gasteiger partial charge in [-0.25, -0.2) is 27.5 Å². The maximum Gasteiger partial charge on any atom is 0.490 e. The van der Waals surface area contributed by atoms with Crippen molar-refractivity contribution < 1.29 is 83.3 Å². The Kier molecular flexibility index (Phi) is 8.72. The topological polar surface area (TPSA) is 238 Å². The summed E-state index contributed by atoms with van der Waals surface area (Å²) in [6.45, 7) is -1.19. The van der Waals surface area contributed by atoms with E-state index in [1.165, 1.54) is 0 Å². The van der Waals surface area contributed by atoms with Crippen molar-refractivity contribution in [1.82, 2.24) is 9.97 Å². The zero-order chi connectivity index (χ0) is 29.0. The largest absolute Gasteiger partial charge is 0.490 e. The van der Waals surface area contributed by atoms with Gasteiger partial charge in [0.1, 0.15) is 34.7 Å². The van der Waals surface area contributed by atoms with Crippen LogP contribution in [0.25, 0.3) is 11.0 Å². The number of hydrogen-bond acceptors (Lipinski definition) is 11. The summed E-state index contributed by atoms with van der Waals surface area (Å²) in [6.07, 6.45) is -12.7. The van der Waals surface area contributed by atoms with Crippen LogP contribution in [0.5, 0.6) is 0 Å². The van der Waals surface area contributed by atoms with Gasteiger partial charge < -0.3 is 39.5 Å². The predicted molar refractivity (Wildman–Crippen MR) is 111 cm³/mol. The zero-order valence-corrected chi connectivity index (χ0v) is 21.2.